The summed E-state index contributed by atoms with van der Waals surface area (Å²) in [6.07, 6.45) is 3.80. The van der Waals surface area contributed by atoms with E-state index < -0.39 is 5.51 Å². The first-order valence-corrected chi connectivity index (χ1v) is 5.41. The van der Waals surface area contributed by atoms with Crippen molar-refractivity contribution in [1.82, 2.24) is 9.55 Å². The number of imidazole rings is 1. The lowest BCUT2D eigenvalue weighted by atomic mass is 10.3. The fourth-order valence-corrected chi connectivity index (χ4v) is 1.68. The highest BCUT2D eigenvalue weighted by atomic mass is 32.2. The van der Waals surface area contributed by atoms with Crippen LogP contribution in [0.25, 0.3) is 0 Å². The van der Waals surface area contributed by atoms with Crippen LogP contribution in [0.5, 0.6) is 0 Å². The Labute approximate surface area is 89.9 Å². The molecule has 1 rings (SSSR count). The van der Waals surface area contributed by atoms with E-state index in [2.05, 4.69) is 4.98 Å². The molecule has 0 aliphatic rings. The van der Waals surface area contributed by atoms with E-state index in [4.69, 9.17) is 5.73 Å². The lowest BCUT2D eigenvalue weighted by Crippen LogP contribution is -2.11. The molecule has 1 heterocycles. The van der Waals surface area contributed by atoms with Gasteiger partial charge in [0.05, 0.1) is 6.33 Å². The lowest BCUT2D eigenvalue weighted by Gasteiger charge is -2.08. The number of hydrogen-bond acceptors (Lipinski definition) is 3. The van der Waals surface area contributed by atoms with E-state index in [1.165, 1.54) is 6.33 Å². The Morgan fingerprint density at radius 2 is 2.20 bits per heavy atom. The van der Waals surface area contributed by atoms with Crippen LogP contribution in [0, 0.1) is 0 Å². The second-order valence-corrected chi connectivity index (χ2v) is 4.07. The molecule has 7 heteroatoms. The van der Waals surface area contributed by atoms with Gasteiger partial charge in [-0.2, -0.15) is 13.2 Å². The minimum atomic E-state index is -4.16. The molecule has 1 aromatic heterocycles. The van der Waals surface area contributed by atoms with Gasteiger partial charge in [-0.05, 0) is 18.3 Å². The molecule has 0 unspecified atom stereocenters. The smallest absolute Gasteiger partial charge is 0.334 e. The van der Waals surface area contributed by atoms with Gasteiger partial charge in [0.25, 0.3) is 0 Å². The zero-order valence-corrected chi connectivity index (χ0v) is 8.81. The van der Waals surface area contributed by atoms with Gasteiger partial charge in [0, 0.05) is 30.6 Å². The normalized spacial score (nSPS) is 12.0. The third kappa shape index (κ3) is 4.57. The largest absolute Gasteiger partial charge is 0.441 e. The van der Waals surface area contributed by atoms with E-state index in [1.807, 2.05) is 0 Å². The van der Waals surface area contributed by atoms with Crippen LogP contribution in [-0.2, 0) is 13.0 Å². The van der Waals surface area contributed by atoms with E-state index in [0.717, 1.165) is 5.69 Å². The predicted octanol–water partition coefficient (Wildman–Crippen LogP) is 1.64. The minimum Gasteiger partial charge on any atom is -0.334 e. The minimum absolute atomic E-state index is 0.00255. The van der Waals surface area contributed by atoms with Gasteiger partial charge >= 0.3 is 5.51 Å². The maximum Gasteiger partial charge on any atom is 0.441 e. The topological polar surface area (TPSA) is 43.8 Å². The number of halogens is 3. The van der Waals surface area contributed by atoms with Crippen LogP contribution < -0.4 is 5.73 Å². The zero-order chi connectivity index (χ0) is 11.3. The first-order chi connectivity index (χ1) is 7.03. The zero-order valence-electron chi connectivity index (χ0n) is 8.00. The van der Waals surface area contributed by atoms with Crippen LogP contribution in [0.2, 0.25) is 0 Å². The molecule has 0 aromatic carbocycles. The average molecular weight is 239 g/mol. The van der Waals surface area contributed by atoms with Crippen LogP contribution in [0.1, 0.15) is 5.69 Å². The van der Waals surface area contributed by atoms with Crippen molar-refractivity contribution in [2.75, 3.05) is 12.3 Å². The maximum absolute atomic E-state index is 11.9. The summed E-state index contributed by atoms with van der Waals surface area (Å²) in [5.74, 6) is -0.00255. The molecule has 86 valence electrons. The highest BCUT2D eigenvalue weighted by Gasteiger charge is 2.27. The van der Waals surface area contributed by atoms with E-state index in [1.54, 1.807) is 10.8 Å². The molecule has 0 bridgehead atoms. The Morgan fingerprint density at radius 3 is 2.80 bits per heavy atom. The molecule has 15 heavy (non-hydrogen) atoms. The molecule has 0 amide bonds. The number of aromatic nitrogens is 2. The van der Waals surface area contributed by atoms with Gasteiger partial charge in [-0.15, -0.1) is 0 Å². The summed E-state index contributed by atoms with van der Waals surface area (Å²) in [6.45, 7) is 0.775. The second-order valence-electron chi connectivity index (χ2n) is 2.91. The summed E-state index contributed by atoms with van der Waals surface area (Å²) in [4.78, 5) is 3.87. The molecular formula is C8H12F3N3S. The first-order valence-electron chi connectivity index (χ1n) is 4.42. The Morgan fingerprint density at radius 1 is 1.47 bits per heavy atom. The van der Waals surface area contributed by atoms with E-state index in [9.17, 15) is 13.2 Å². The Balaban J connectivity index is 2.40. The molecular weight excluding hydrogens is 227 g/mol. The van der Waals surface area contributed by atoms with Gasteiger partial charge in [0.1, 0.15) is 0 Å². The molecule has 0 atom stereocenters. The predicted molar refractivity (Wildman–Crippen MR) is 53.5 cm³/mol. The quantitative estimate of drug-likeness (QED) is 0.849. The Kier molecular flexibility index (Phi) is 4.46. The molecule has 0 fully saturated rings. The van der Waals surface area contributed by atoms with Gasteiger partial charge in [-0.3, -0.25) is 0 Å². The molecule has 0 aliphatic heterocycles. The SMILES string of the molecule is NCCc1cncn1CCSC(F)(F)F. The highest BCUT2D eigenvalue weighted by Crippen LogP contribution is 2.30. The molecule has 1 aromatic rings. The van der Waals surface area contributed by atoms with Gasteiger partial charge in [0.15, 0.2) is 0 Å². The van der Waals surface area contributed by atoms with Gasteiger partial charge in [0.2, 0.25) is 0 Å². The standard InChI is InChI=1S/C8H12F3N3S/c9-8(10,11)15-4-3-14-6-13-5-7(14)1-2-12/h5-6H,1-4,12H2. The van der Waals surface area contributed by atoms with Crippen LogP contribution in [0.3, 0.4) is 0 Å². The second kappa shape index (κ2) is 5.41. The molecule has 2 N–H and O–H groups in total. The number of nitrogens with zero attached hydrogens (tertiary/aromatic N) is 2. The molecule has 0 aliphatic carbocycles. The number of nitrogens with two attached hydrogens (primary N) is 1. The molecule has 3 nitrogen and oxygen atoms in total. The van der Waals surface area contributed by atoms with Crippen LogP contribution >= 0.6 is 11.8 Å². The van der Waals surface area contributed by atoms with Crippen molar-refractivity contribution in [2.24, 2.45) is 5.73 Å². The summed E-state index contributed by atoms with van der Waals surface area (Å²) in [5, 5.41) is 0. The first kappa shape index (κ1) is 12.4. The fourth-order valence-electron chi connectivity index (χ4n) is 1.17. The van der Waals surface area contributed by atoms with Crippen molar-refractivity contribution in [3.63, 3.8) is 0 Å². The average Bonchev–Trinajstić information content (AvgIpc) is 2.51. The van der Waals surface area contributed by atoms with Crippen molar-refractivity contribution >= 4 is 11.8 Å². The number of rotatable bonds is 5. The van der Waals surface area contributed by atoms with Crippen LogP contribution in [-0.4, -0.2) is 27.4 Å². The van der Waals surface area contributed by atoms with Crippen molar-refractivity contribution < 1.29 is 13.2 Å². The van der Waals surface area contributed by atoms with Crippen molar-refractivity contribution in [2.45, 2.75) is 18.5 Å². The summed E-state index contributed by atoms with van der Waals surface area (Å²) < 4.78 is 37.3. The van der Waals surface area contributed by atoms with Gasteiger partial charge in [-0.25, -0.2) is 4.98 Å². The van der Waals surface area contributed by atoms with Crippen LogP contribution in [0.4, 0.5) is 13.2 Å². The third-order valence-corrected chi connectivity index (χ3v) is 2.51. The third-order valence-electron chi connectivity index (χ3n) is 1.80. The molecule has 0 saturated carbocycles. The Bertz CT molecular complexity index is 298. The highest BCUT2D eigenvalue weighted by molar-refractivity contribution is 8.00. The summed E-state index contributed by atoms with van der Waals surface area (Å²) in [7, 11) is 0. The summed E-state index contributed by atoms with van der Waals surface area (Å²) in [6, 6.07) is 0. The number of thioether (sulfide) groups is 1. The van der Waals surface area contributed by atoms with Gasteiger partial charge < -0.3 is 10.3 Å². The van der Waals surface area contributed by atoms with Crippen molar-refractivity contribution in [1.29, 1.82) is 0 Å². The van der Waals surface area contributed by atoms with E-state index >= 15 is 0 Å². The molecule has 0 spiro atoms. The summed E-state index contributed by atoms with van der Waals surface area (Å²) >= 11 is -0.0213. The van der Waals surface area contributed by atoms with E-state index in [-0.39, 0.29) is 17.5 Å². The van der Waals surface area contributed by atoms with Gasteiger partial charge in [-0.1, -0.05) is 0 Å². The van der Waals surface area contributed by atoms with Crippen molar-refractivity contribution in [3.8, 4) is 0 Å². The number of alkyl halides is 3. The lowest BCUT2D eigenvalue weighted by molar-refractivity contribution is -0.0328. The van der Waals surface area contributed by atoms with Crippen LogP contribution in [0.15, 0.2) is 12.5 Å². The maximum atomic E-state index is 11.9. The molecule has 0 saturated heterocycles. The summed E-state index contributed by atoms with van der Waals surface area (Å²) in [5.41, 5.74) is 2.08. The molecule has 0 radical (unpaired) electrons. The number of aryl methyl sites for hydroxylation is 1. The van der Waals surface area contributed by atoms with Crippen molar-refractivity contribution in [3.05, 3.63) is 18.2 Å². The monoisotopic (exact) mass is 239 g/mol. The Hall–Kier alpha value is -0.690. The fraction of sp³-hybridized carbons (Fsp3) is 0.625. The number of hydrogen-bond donors (Lipinski definition) is 1. The van der Waals surface area contributed by atoms with E-state index in [0.29, 0.717) is 19.5 Å².